The lowest BCUT2D eigenvalue weighted by Crippen LogP contribution is -2.28. The van der Waals surface area contributed by atoms with Crippen molar-refractivity contribution in [3.63, 3.8) is 0 Å². The number of ether oxygens (including phenoxy) is 1. The molecule has 4 aromatic rings. The fraction of sp³-hybridized carbons (Fsp3) is 0.167. The molecule has 1 amide bonds. The second-order valence-corrected chi connectivity index (χ2v) is 10.5. The summed E-state index contributed by atoms with van der Waals surface area (Å²) < 4.78 is 33.7. The summed E-state index contributed by atoms with van der Waals surface area (Å²) in [6.07, 6.45) is 0. The summed E-state index contributed by atoms with van der Waals surface area (Å²) >= 11 is 1.55. The Morgan fingerprint density at radius 3 is 2.33 bits per heavy atom. The van der Waals surface area contributed by atoms with E-state index in [2.05, 4.69) is 4.98 Å². The smallest absolute Gasteiger partial charge is 0.264 e. The number of fused-ring (bicyclic) bond motifs is 1. The number of carbonyl (C=O) groups excluding carboxylic acids is 1. The highest BCUT2D eigenvalue weighted by Gasteiger charge is 2.24. The highest BCUT2D eigenvalue weighted by atomic mass is 32.2. The Hall–Kier alpha value is -3.43. The van der Waals surface area contributed by atoms with E-state index in [1.165, 1.54) is 42.7 Å². The lowest BCUT2D eigenvalue weighted by Gasteiger charge is -2.22. The van der Waals surface area contributed by atoms with Crippen molar-refractivity contribution in [1.29, 1.82) is 0 Å². The highest BCUT2D eigenvalue weighted by molar-refractivity contribution is 7.92. The highest BCUT2D eigenvalue weighted by Crippen LogP contribution is 2.31. The number of thiazole rings is 1. The van der Waals surface area contributed by atoms with Crippen LogP contribution in [0, 0.1) is 0 Å². The SMILES string of the molecule is COc1ccccc1N(C)S(=O)(=O)c1ccc(C(=O)N(C)Cc2nc3ccccc3s2)cc1. The van der Waals surface area contributed by atoms with Crippen molar-refractivity contribution < 1.29 is 17.9 Å². The topological polar surface area (TPSA) is 79.8 Å². The van der Waals surface area contributed by atoms with Crippen molar-refractivity contribution in [3.8, 4) is 5.75 Å². The van der Waals surface area contributed by atoms with Gasteiger partial charge in [-0.15, -0.1) is 11.3 Å². The molecule has 0 saturated carbocycles. The number of carbonyl (C=O) groups is 1. The molecule has 0 saturated heterocycles. The zero-order valence-electron chi connectivity index (χ0n) is 18.4. The quantitative estimate of drug-likeness (QED) is 0.391. The second kappa shape index (κ2) is 9.21. The number of benzene rings is 3. The van der Waals surface area contributed by atoms with Crippen molar-refractivity contribution >= 4 is 43.2 Å². The minimum atomic E-state index is -3.83. The van der Waals surface area contributed by atoms with Crippen LogP contribution in [0.4, 0.5) is 5.69 Å². The molecule has 0 unspecified atom stereocenters. The zero-order valence-corrected chi connectivity index (χ0v) is 20.1. The molecule has 0 fully saturated rings. The third kappa shape index (κ3) is 4.55. The van der Waals surface area contributed by atoms with Crippen LogP contribution in [0.2, 0.25) is 0 Å². The van der Waals surface area contributed by atoms with Gasteiger partial charge in [0, 0.05) is 19.7 Å². The van der Waals surface area contributed by atoms with E-state index in [4.69, 9.17) is 4.74 Å². The fourth-order valence-corrected chi connectivity index (χ4v) is 5.66. The maximum atomic E-state index is 13.1. The van der Waals surface area contributed by atoms with Gasteiger partial charge in [-0.3, -0.25) is 9.10 Å². The number of aromatic nitrogens is 1. The van der Waals surface area contributed by atoms with Crippen LogP contribution in [0.3, 0.4) is 0 Å². The molecular weight excluding hydrogens is 458 g/mol. The van der Waals surface area contributed by atoms with Crippen LogP contribution in [-0.2, 0) is 16.6 Å². The Balaban J connectivity index is 1.51. The van der Waals surface area contributed by atoms with Crippen LogP contribution in [-0.4, -0.2) is 45.4 Å². The van der Waals surface area contributed by atoms with Crippen molar-refractivity contribution in [1.82, 2.24) is 9.88 Å². The molecule has 4 rings (SSSR count). The molecule has 3 aromatic carbocycles. The third-order valence-corrected chi connectivity index (χ3v) is 8.05. The summed E-state index contributed by atoms with van der Waals surface area (Å²) in [6.45, 7) is 0.370. The zero-order chi connectivity index (χ0) is 23.6. The average molecular weight is 482 g/mol. The van der Waals surface area contributed by atoms with Crippen LogP contribution in [0.1, 0.15) is 15.4 Å². The number of anilines is 1. The number of hydrogen-bond acceptors (Lipinski definition) is 6. The Bertz CT molecular complexity index is 1370. The van der Waals surface area contributed by atoms with E-state index in [-0.39, 0.29) is 10.8 Å². The van der Waals surface area contributed by atoms with Gasteiger partial charge in [-0.1, -0.05) is 24.3 Å². The predicted molar refractivity (Wildman–Crippen MR) is 130 cm³/mol. The standard InChI is InChI=1S/C24H23N3O4S2/c1-26(16-23-25-19-8-4-7-11-22(19)32-23)24(28)17-12-14-18(15-13-17)33(29,30)27(2)20-9-5-6-10-21(20)31-3/h4-15H,16H2,1-3H3. The molecule has 0 aliphatic heterocycles. The molecule has 1 aromatic heterocycles. The van der Waals surface area contributed by atoms with Crippen LogP contribution in [0.25, 0.3) is 10.2 Å². The number of methoxy groups -OCH3 is 1. The van der Waals surface area contributed by atoms with Crippen LogP contribution < -0.4 is 9.04 Å². The first-order valence-corrected chi connectivity index (χ1v) is 12.4. The summed E-state index contributed by atoms with van der Waals surface area (Å²) in [4.78, 5) is 19.1. The number of sulfonamides is 1. The molecule has 0 aliphatic carbocycles. The van der Waals surface area contributed by atoms with Crippen molar-refractivity contribution in [2.24, 2.45) is 0 Å². The van der Waals surface area contributed by atoms with E-state index < -0.39 is 10.0 Å². The number of nitrogens with zero attached hydrogens (tertiary/aromatic N) is 3. The molecule has 0 spiro atoms. The summed E-state index contributed by atoms with van der Waals surface area (Å²) in [7, 11) is 0.833. The monoisotopic (exact) mass is 481 g/mol. The largest absolute Gasteiger partial charge is 0.495 e. The van der Waals surface area contributed by atoms with Gasteiger partial charge in [0.15, 0.2) is 0 Å². The molecule has 9 heteroatoms. The molecule has 0 radical (unpaired) electrons. The van der Waals surface area contributed by atoms with Gasteiger partial charge in [-0.05, 0) is 48.5 Å². The van der Waals surface area contributed by atoms with Crippen LogP contribution in [0.15, 0.2) is 77.7 Å². The van der Waals surface area contributed by atoms with Gasteiger partial charge in [-0.2, -0.15) is 0 Å². The van der Waals surface area contributed by atoms with E-state index in [9.17, 15) is 13.2 Å². The Kier molecular flexibility index (Phi) is 6.35. The normalized spacial score (nSPS) is 11.4. The molecule has 33 heavy (non-hydrogen) atoms. The summed E-state index contributed by atoms with van der Waals surface area (Å²) in [6, 6.07) is 20.7. The first-order valence-electron chi connectivity index (χ1n) is 10.1. The molecule has 0 bridgehead atoms. The van der Waals surface area contributed by atoms with Gasteiger partial charge in [0.1, 0.15) is 10.8 Å². The van der Waals surface area contributed by atoms with Crippen LogP contribution >= 0.6 is 11.3 Å². The van der Waals surface area contributed by atoms with Gasteiger partial charge in [0.05, 0.1) is 34.5 Å². The minimum Gasteiger partial charge on any atom is -0.495 e. The number of rotatable bonds is 7. The van der Waals surface area contributed by atoms with Crippen LogP contribution in [0.5, 0.6) is 5.75 Å². The Labute approximate surface area is 196 Å². The van der Waals surface area contributed by atoms with Crippen molar-refractivity contribution in [2.75, 3.05) is 25.5 Å². The molecule has 0 N–H and O–H groups in total. The lowest BCUT2D eigenvalue weighted by atomic mass is 10.2. The van der Waals surface area contributed by atoms with E-state index >= 15 is 0 Å². The Morgan fingerprint density at radius 2 is 1.64 bits per heavy atom. The number of hydrogen-bond donors (Lipinski definition) is 0. The lowest BCUT2D eigenvalue weighted by molar-refractivity contribution is 0.0785. The van der Waals surface area contributed by atoms with Gasteiger partial charge in [0.2, 0.25) is 0 Å². The number of para-hydroxylation sites is 3. The van der Waals surface area contributed by atoms with Gasteiger partial charge in [0.25, 0.3) is 15.9 Å². The second-order valence-electron chi connectivity index (χ2n) is 7.41. The predicted octanol–water partition coefficient (Wildman–Crippen LogP) is 4.40. The molecular formula is C24H23N3O4S2. The molecule has 170 valence electrons. The molecule has 0 atom stereocenters. The van der Waals surface area contributed by atoms with Gasteiger partial charge >= 0.3 is 0 Å². The van der Waals surface area contributed by atoms with E-state index in [0.717, 1.165) is 15.2 Å². The minimum absolute atomic E-state index is 0.0845. The first kappa shape index (κ1) is 22.8. The molecule has 1 heterocycles. The molecule has 7 nitrogen and oxygen atoms in total. The summed E-state index contributed by atoms with van der Waals surface area (Å²) in [5.74, 6) is 0.239. The summed E-state index contributed by atoms with van der Waals surface area (Å²) in [5.41, 5.74) is 1.74. The van der Waals surface area contributed by atoms with E-state index in [0.29, 0.717) is 23.5 Å². The third-order valence-electron chi connectivity index (χ3n) is 5.24. The van der Waals surface area contributed by atoms with Crippen molar-refractivity contribution in [3.05, 3.63) is 83.4 Å². The molecule has 0 aliphatic rings. The maximum absolute atomic E-state index is 13.1. The average Bonchev–Trinajstić information content (AvgIpc) is 3.25. The number of amides is 1. The van der Waals surface area contributed by atoms with E-state index in [1.54, 1.807) is 47.5 Å². The summed E-state index contributed by atoms with van der Waals surface area (Å²) in [5, 5.41) is 0.838. The van der Waals surface area contributed by atoms with E-state index in [1.807, 2.05) is 24.3 Å². The maximum Gasteiger partial charge on any atom is 0.264 e. The fourth-order valence-electron chi connectivity index (χ4n) is 3.43. The Morgan fingerprint density at radius 1 is 0.970 bits per heavy atom. The van der Waals surface area contributed by atoms with Crippen molar-refractivity contribution in [2.45, 2.75) is 11.4 Å². The van der Waals surface area contributed by atoms with Gasteiger partial charge in [-0.25, -0.2) is 13.4 Å². The first-order chi connectivity index (χ1) is 15.8. The van der Waals surface area contributed by atoms with Gasteiger partial charge < -0.3 is 9.64 Å².